The maximum Gasteiger partial charge on any atom is 0.242 e. The van der Waals surface area contributed by atoms with Crippen LogP contribution in [0.1, 0.15) is 23.6 Å². The number of carbonyl (C=O) groups excluding carboxylic acids is 1. The van der Waals surface area contributed by atoms with Crippen molar-refractivity contribution in [2.45, 2.75) is 25.4 Å². The molecular weight excluding hydrogens is 281 g/mol. The zero-order valence-corrected chi connectivity index (χ0v) is 12.3. The quantitative estimate of drug-likeness (QED) is 0.817. The van der Waals surface area contributed by atoms with Gasteiger partial charge in [0.05, 0.1) is 0 Å². The number of carbonyl (C=O) groups is 1. The molecule has 2 aromatic carbocycles. The summed E-state index contributed by atoms with van der Waals surface area (Å²) >= 11 is 0. The van der Waals surface area contributed by atoms with Crippen molar-refractivity contribution in [1.29, 1.82) is 0 Å². The first-order chi connectivity index (χ1) is 10.6. The van der Waals surface area contributed by atoms with Crippen LogP contribution in [0.4, 0.5) is 10.1 Å². The van der Waals surface area contributed by atoms with Crippen LogP contribution in [0.5, 0.6) is 0 Å². The second-order valence-corrected chi connectivity index (χ2v) is 5.49. The Morgan fingerprint density at radius 1 is 1.18 bits per heavy atom. The minimum atomic E-state index is -0.324. The van der Waals surface area contributed by atoms with Gasteiger partial charge in [-0.1, -0.05) is 30.3 Å². The van der Waals surface area contributed by atoms with Crippen molar-refractivity contribution in [3.05, 3.63) is 65.5 Å². The Morgan fingerprint density at radius 2 is 1.95 bits per heavy atom. The van der Waals surface area contributed by atoms with Crippen LogP contribution in [-0.2, 0) is 4.79 Å². The highest BCUT2D eigenvalue weighted by Crippen LogP contribution is 2.23. The summed E-state index contributed by atoms with van der Waals surface area (Å²) in [4.78, 5) is 12.3. The number of nitrogens with one attached hydrogen (secondary N) is 3. The molecule has 1 aliphatic heterocycles. The van der Waals surface area contributed by atoms with Gasteiger partial charge in [-0.2, -0.15) is 0 Å². The number of aryl methyl sites for hydroxylation is 1. The summed E-state index contributed by atoms with van der Waals surface area (Å²) in [5.41, 5.74) is 8.65. The third-order valence-corrected chi connectivity index (χ3v) is 3.87. The fourth-order valence-corrected chi connectivity index (χ4v) is 2.62. The fourth-order valence-electron chi connectivity index (χ4n) is 2.62. The molecule has 1 amide bonds. The van der Waals surface area contributed by atoms with Crippen molar-refractivity contribution in [3.8, 4) is 0 Å². The van der Waals surface area contributed by atoms with Crippen molar-refractivity contribution in [3.63, 3.8) is 0 Å². The molecule has 4 nitrogen and oxygen atoms in total. The largest absolute Gasteiger partial charge is 0.324 e. The Kier molecular flexibility index (Phi) is 4.18. The minimum absolute atomic E-state index is 0.103. The van der Waals surface area contributed by atoms with Crippen LogP contribution < -0.4 is 16.2 Å². The Morgan fingerprint density at radius 3 is 2.68 bits per heavy atom. The smallest absolute Gasteiger partial charge is 0.242 e. The van der Waals surface area contributed by atoms with Gasteiger partial charge in [0, 0.05) is 11.7 Å². The van der Waals surface area contributed by atoms with Crippen molar-refractivity contribution >= 4 is 11.6 Å². The topological polar surface area (TPSA) is 53.2 Å². The summed E-state index contributed by atoms with van der Waals surface area (Å²) in [6, 6.07) is 14.1. The van der Waals surface area contributed by atoms with Gasteiger partial charge in [-0.3, -0.25) is 4.79 Å². The molecule has 0 saturated carbocycles. The third-order valence-electron chi connectivity index (χ3n) is 3.87. The molecule has 0 aliphatic carbocycles. The van der Waals surface area contributed by atoms with E-state index in [-0.39, 0.29) is 23.8 Å². The van der Waals surface area contributed by atoms with E-state index in [2.05, 4.69) is 16.2 Å². The minimum Gasteiger partial charge on any atom is -0.324 e. The van der Waals surface area contributed by atoms with Crippen LogP contribution in [0.3, 0.4) is 0 Å². The predicted molar refractivity (Wildman–Crippen MR) is 83.6 cm³/mol. The molecule has 2 unspecified atom stereocenters. The average Bonchev–Trinajstić information content (AvgIpc) is 3.01. The standard InChI is InChI=1S/C17H18FN3O/c1-11-9-13(18)7-8-14(11)19-17(22)16-10-15(20-21-16)12-5-3-2-4-6-12/h2-9,15-16,20-21H,10H2,1H3,(H,19,22). The van der Waals surface area contributed by atoms with E-state index in [1.165, 1.54) is 12.1 Å². The van der Waals surface area contributed by atoms with Gasteiger partial charge in [-0.05, 0) is 42.7 Å². The number of anilines is 1. The lowest BCUT2D eigenvalue weighted by Gasteiger charge is -2.12. The lowest BCUT2D eigenvalue weighted by atomic mass is 10.0. The van der Waals surface area contributed by atoms with Gasteiger partial charge in [0.1, 0.15) is 11.9 Å². The van der Waals surface area contributed by atoms with E-state index in [4.69, 9.17) is 0 Å². The predicted octanol–water partition coefficient (Wildman–Crippen LogP) is 2.68. The van der Waals surface area contributed by atoms with Gasteiger partial charge in [0.2, 0.25) is 5.91 Å². The van der Waals surface area contributed by atoms with E-state index in [1.807, 2.05) is 30.3 Å². The van der Waals surface area contributed by atoms with Gasteiger partial charge in [0.25, 0.3) is 0 Å². The van der Waals surface area contributed by atoms with Gasteiger partial charge < -0.3 is 5.32 Å². The highest BCUT2D eigenvalue weighted by molar-refractivity contribution is 5.95. The molecule has 3 N–H and O–H groups in total. The number of rotatable bonds is 3. The van der Waals surface area contributed by atoms with Crippen LogP contribution in [0, 0.1) is 12.7 Å². The monoisotopic (exact) mass is 299 g/mol. The lowest BCUT2D eigenvalue weighted by molar-refractivity contribution is -0.117. The molecular formula is C17H18FN3O. The molecule has 1 saturated heterocycles. The van der Waals surface area contributed by atoms with Crippen molar-refractivity contribution in [1.82, 2.24) is 10.9 Å². The summed E-state index contributed by atoms with van der Waals surface area (Å²) in [6.45, 7) is 1.77. The van der Waals surface area contributed by atoms with Crippen LogP contribution in [0.15, 0.2) is 48.5 Å². The maximum absolute atomic E-state index is 13.1. The zero-order valence-electron chi connectivity index (χ0n) is 12.3. The van der Waals surface area contributed by atoms with Crippen molar-refractivity contribution in [2.24, 2.45) is 0 Å². The summed E-state index contributed by atoms with van der Waals surface area (Å²) in [6.07, 6.45) is 0.663. The number of benzene rings is 2. The number of hydrazine groups is 1. The number of halogens is 1. The van der Waals surface area contributed by atoms with Crippen molar-refractivity contribution < 1.29 is 9.18 Å². The number of hydrogen-bond donors (Lipinski definition) is 3. The molecule has 114 valence electrons. The molecule has 22 heavy (non-hydrogen) atoms. The first-order valence-electron chi connectivity index (χ1n) is 7.26. The van der Waals surface area contributed by atoms with E-state index < -0.39 is 0 Å². The average molecular weight is 299 g/mol. The summed E-state index contributed by atoms with van der Waals surface area (Å²) in [5.74, 6) is -0.430. The lowest BCUT2D eigenvalue weighted by Crippen LogP contribution is -2.39. The van der Waals surface area contributed by atoms with E-state index in [9.17, 15) is 9.18 Å². The highest BCUT2D eigenvalue weighted by atomic mass is 19.1. The molecule has 2 aromatic rings. The molecule has 2 atom stereocenters. The second kappa shape index (κ2) is 6.25. The fraction of sp³-hybridized carbons (Fsp3) is 0.235. The Labute approximate surface area is 128 Å². The molecule has 1 aliphatic rings. The molecule has 5 heteroatoms. The third kappa shape index (κ3) is 3.16. The van der Waals surface area contributed by atoms with Gasteiger partial charge in [0.15, 0.2) is 0 Å². The molecule has 1 heterocycles. The zero-order chi connectivity index (χ0) is 15.5. The van der Waals surface area contributed by atoms with Crippen molar-refractivity contribution in [2.75, 3.05) is 5.32 Å². The normalized spacial score (nSPS) is 20.8. The molecule has 0 radical (unpaired) electrons. The Balaban J connectivity index is 1.64. The summed E-state index contributed by atoms with van der Waals surface area (Å²) < 4.78 is 13.1. The first-order valence-corrected chi connectivity index (χ1v) is 7.26. The Bertz CT molecular complexity index is 675. The summed E-state index contributed by atoms with van der Waals surface area (Å²) in [5, 5.41) is 2.84. The van der Waals surface area contributed by atoms with E-state index in [1.54, 1.807) is 13.0 Å². The van der Waals surface area contributed by atoms with Gasteiger partial charge >= 0.3 is 0 Å². The van der Waals surface area contributed by atoms with Gasteiger partial charge in [-0.25, -0.2) is 15.2 Å². The molecule has 1 fully saturated rings. The van der Waals surface area contributed by atoms with Crippen LogP contribution in [-0.4, -0.2) is 11.9 Å². The van der Waals surface area contributed by atoms with Gasteiger partial charge in [-0.15, -0.1) is 0 Å². The molecule has 0 spiro atoms. The van der Waals surface area contributed by atoms with E-state index in [0.29, 0.717) is 17.7 Å². The number of hydrogen-bond acceptors (Lipinski definition) is 3. The molecule has 3 rings (SSSR count). The van der Waals surface area contributed by atoms with Crippen LogP contribution >= 0.6 is 0 Å². The van der Waals surface area contributed by atoms with Crippen LogP contribution in [0.25, 0.3) is 0 Å². The molecule has 0 bridgehead atoms. The van der Waals surface area contributed by atoms with Crippen LogP contribution in [0.2, 0.25) is 0 Å². The second-order valence-electron chi connectivity index (χ2n) is 5.49. The first kappa shape index (κ1) is 14.7. The van der Waals surface area contributed by atoms with E-state index in [0.717, 1.165) is 5.56 Å². The summed E-state index contributed by atoms with van der Waals surface area (Å²) in [7, 11) is 0. The maximum atomic E-state index is 13.1. The highest BCUT2D eigenvalue weighted by Gasteiger charge is 2.30. The van der Waals surface area contributed by atoms with E-state index >= 15 is 0 Å². The Hall–Kier alpha value is -2.24. The SMILES string of the molecule is Cc1cc(F)ccc1NC(=O)C1CC(c2ccccc2)NN1. The molecule has 0 aromatic heterocycles. The number of amides is 1.